The highest BCUT2D eigenvalue weighted by Crippen LogP contribution is 2.26. The monoisotopic (exact) mass is 205 g/mol. The molecular formula is C13H19NO. The van der Waals surface area contributed by atoms with Crippen molar-refractivity contribution in [2.45, 2.75) is 32.9 Å². The Morgan fingerprint density at radius 1 is 1.40 bits per heavy atom. The summed E-state index contributed by atoms with van der Waals surface area (Å²) in [6.07, 6.45) is 1.78. The van der Waals surface area contributed by atoms with Crippen molar-refractivity contribution in [3.05, 3.63) is 42.0 Å². The minimum Gasteiger partial charge on any atom is -0.486 e. The number of rotatable bonds is 4. The highest BCUT2D eigenvalue weighted by Gasteiger charge is 2.09. The first-order valence-corrected chi connectivity index (χ1v) is 5.20. The summed E-state index contributed by atoms with van der Waals surface area (Å²) in [6.45, 7) is 9.65. The van der Waals surface area contributed by atoms with Gasteiger partial charge in [0.05, 0.1) is 0 Å². The Morgan fingerprint density at radius 2 is 2.07 bits per heavy atom. The van der Waals surface area contributed by atoms with Crippen LogP contribution in [0, 0.1) is 6.92 Å². The van der Waals surface area contributed by atoms with Crippen molar-refractivity contribution in [3.63, 3.8) is 0 Å². The number of ether oxygens (including phenoxy) is 1. The zero-order valence-electron chi connectivity index (χ0n) is 9.66. The highest BCUT2D eigenvalue weighted by molar-refractivity contribution is 5.39. The van der Waals surface area contributed by atoms with Gasteiger partial charge in [-0.05, 0) is 32.4 Å². The van der Waals surface area contributed by atoms with Gasteiger partial charge in [-0.1, -0.05) is 24.8 Å². The van der Waals surface area contributed by atoms with Crippen LogP contribution in [0.4, 0.5) is 0 Å². The standard InChI is InChI=1S/C13H19NO/c1-5-10(3)15-13-8-9(2)6-7-12(13)11(4)14/h5-8,10-11H,1,14H2,2-4H3/t10?,11-/m0/s1. The van der Waals surface area contributed by atoms with Crippen LogP contribution >= 0.6 is 0 Å². The third-order valence-corrected chi connectivity index (χ3v) is 2.30. The first-order chi connectivity index (χ1) is 7.04. The lowest BCUT2D eigenvalue weighted by Crippen LogP contribution is -2.13. The first kappa shape index (κ1) is 11.8. The fourth-order valence-electron chi connectivity index (χ4n) is 1.37. The molecule has 0 radical (unpaired) electrons. The number of benzene rings is 1. The van der Waals surface area contributed by atoms with E-state index in [0.717, 1.165) is 11.3 Å². The van der Waals surface area contributed by atoms with Crippen LogP contribution in [-0.4, -0.2) is 6.10 Å². The third-order valence-electron chi connectivity index (χ3n) is 2.30. The Kier molecular flexibility index (Phi) is 3.92. The van der Waals surface area contributed by atoms with Crippen LogP contribution in [0.5, 0.6) is 5.75 Å². The summed E-state index contributed by atoms with van der Waals surface area (Å²) in [6, 6.07) is 6.06. The fourth-order valence-corrected chi connectivity index (χ4v) is 1.37. The average molecular weight is 205 g/mol. The summed E-state index contributed by atoms with van der Waals surface area (Å²) in [7, 11) is 0. The summed E-state index contributed by atoms with van der Waals surface area (Å²) < 4.78 is 5.74. The molecule has 1 rings (SSSR count). The Bertz CT molecular complexity index is 344. The molecule has 2 N–H and O–H groups in total. The molecule has 0 bridgehead atoms. The van der Waals surface area contributed by atoms with E-state index in [1.54, 1.807) is 6.08 Å². The molecule has 0 fully saturated rings. The van der Waals surface area contributed by atoms with E-state index >= 15 is 0 Å². The molecule has 0 aliphatic rings. The van der Waals surface area contributed by atoms with Gasteiger partial charge < -0.3 is 10.5 Å². The Hall–Kier alpha value is -1.28. The van der Waals surface area contributed by atoms with Crippen molar-refractivity contribution in [2.24, 2.45) is 5.73 Å². The van der Waals surface area contributed by atoms with Crippen molar-refractivity contribution in [1.29, 1.82) is 0 Å². The maximum atomic E-state index is 5.88. The number of nitrogens with two attached hydrogens (primary N) is 1. The predicted molar refractivity (Wildman–Crippen MR) is 64.1 cm³/mol. The maximum absolute atomic E-state index is 5.88. The van der Waals surface area contributed by atoms with Gasteiger partial charge >= 0.3 is 0 Å². The molecule has 0 spiro atoms. The van der Waals surface area contributed by atoms with Crippen molar-refractivity contribution in [2.75, 3.05) is 0 Å². The number of aryl methyl sites for hydroxylation is 1. The summed E-state index contributed by atoms with van der Waals surface area (Å²) >= 11 is 0. The molecule has 0 saturated carbocycles. The van der Waals surface area contributed by atoms with Gasteiger partial charge in [-0.3, -0.25) is 0 Å². The van der Waals surface area contributed by atoms with E-state index in [4.69, 9.17) is 10.5 Å². The van der Waals surface area contributed by atoms with E-state index < -0.39 is 0 Å². The summed E-state index contributed by atoms with van der Waals surface area (Å²) in [5, 5.41) is 0. The molecule has 1 unspecified atom stereocenters. The van der Waals surface area contributed by atoms with E-state index in [0.29, 0.717) is 0 Å². The molecule has 2 atom stereocenters. The molecule has 0 aliphatic carbocycles. The van der Waals surface area contributed by atoms with Crippen LogP contribution in [0.15, 0.2) is 30.9 Å². The van der Waals surface area contributed by atoms with Gasteiger partial charge in [0.15, 0.2) is 0 Å². The van der Waals surface area contributed by atoms with Crippen LogP contribution in [0.3, 0.4) is 0 Å². The zero-order chi connectivity index (χ0) is 11.4. The van der Waals surface area contributed by atoms with Crippen LogP contribution in [0.2, 0.25) is 0 Å². The van der Waals surface area contributed by atoms with Crippen molar-refractivity contribution < 1.29 is 4.74 Å². The minimum atomic E-state index is -0.0161. The SMILES string of the molecule is C=CC(C)Oc1cc(C)ccc1[C@H](C)N. The number of hydrogen-bond donors (Lipinski definition) is 1. The number of hydrogen-bond acceptors (Lipinski definition) is 2. The molecular weight excluding hydrogens is 186 g/mol. The molecule has 2 heteroatoms. The van der Waals surface area contributed by atoms with Gasteiger partial charge in [0.2, 0.25) is 0 Å². The van der Waals surface area contributed by atoms with E-state index in [9.17, 15) is 0 Å². The van der Waals surface area contributed by atoms with Crippen molar-refractivity contribution in [1.82, 2.24) is 0 Å². The lowest BCUT2D eigenvalue weighted by atomic mass is 10.1. The molecule has 2 nitrogen and oxygen atoms in total. The molecule has 0 amide bonds. The Balaban J connectivity index is 3.01. The predicted octanol–water partition coefficient (Wildman–Crippen LogP) is 2.97. The van der Waals surface area contributed by atoms with E-state index in [1.807, 2.05) is 39.0 Å². The second-order valence-electron chi connectivity index (χ2n) is 3.89. The minimum absolute atomic E-state index is 0.00398. The summed E-state index contributed by atoms with van der Waals surface area (Å²) in [4.78, 5) is 0. The van der Waals surface area contributed by atoms with Gasteiger partial charge in [0.1, 0.15) is 11.9 Å². The molecule has 0 heterocycles. The van der Waals surface area contributed by atoms with Crippen molar-refractivity contribution in [3.8, 4) is 5.75 Å². The van der Waals surface area contributed by atoms with Crippen LogP contribution < -0.4 is 10.5 Å². The Morgan fingerprint density at radius 3 is 2.60 bits per heavy atom. The van der Waals surface area contributed by atoms with E-state index in [1.165, 1.54) is 5.56 Å². The topological polar surface area (TPSA) is 35.2 Å². The third kappa shape index (κ3) is 3.10. The fraction of sp³-hybridized carbons (Fsp3) is 0.385. The van der Waals surface area contributed by atoms with E-state index in [-0.39, 0.29) is 12.1 Å². The van der Waals surface area contributed by atoms with Crippen LogP contribution in [0.1, 0.15) is 31.0 Å². The average Bonchev–Trinajstić information content (AvgIpc) is 2.17. The quantitative estimate of drug-likeness (QED) is 0.767. The zero-order valence-corrected chi connectivity index (χ0v) is 9.66. The second kappa shape index (κ2) is 4.99. The van der Waals surface area contributed by atoms with Crippen LogP contribution in [-0.2, 0) is 0 Å². The molecule has 1 aromatic carbocycles. The molecule has 0 aliphatic heterocycles. The van der Waals surface area contributed by atoms with Gasteiger partial charge in [-0.15, -0.1) is 0 Å². The lowest BCUT2D eigenvalue weighted by Gasteiger charge is -2.17. The summed E-state index contributed by atoms with van der Waals surface area (Å²) in [5.41, 5.74) is 8.08. The van der Waals surface area contributed by atoms with Gasteiger partial charge in [-0.2, -0.15) is 0 Å². The molecule has 1 aromatic rings. The highest BCUT2D eigenvalue weighted by atomic mass is 16.5. The maximum Gasteiger partial charge on any atom is 0.125 e. The smallest absolute Gasteiger partial charge is 0.125 e. The van der Waals surface area contributed by atoms with Crippen LogP contribution in [0.25, 0.3) is 0 Å². The van der Waals surface area contributed by atoms with Gasteiger partial charge in [0, 0.05) is 11.6 Å². The van der Waals surface area contributed by atoms with Crippen molar-refractivity contribution >= 4 is 0 Å². The molecule has 82 valence electrons. The summed E-state index contributed by atoms with van der Waals surface area (Å²) in [5.74, 6) is 0.859. The molecule has 0 aromatic heterocycles. The largest absolute Gasteiger partial charge is 0.486 e. The Labute approximate surface area is 91.7 Å². The van der Waals surface area contributed by atoms with Gasteiger partial charge in [-0.25, -0.2) is 0 Å². The molecule has 0 saturated heterocycles. The van der Waals surface area contributed by atoms with E-state index in [2.05, 4.69) is 6.58 Å². The first-order valence-electron chi connectivity index (χ1n) is 5.20. The molecule has 15 heavy (non-hydrogen) atoms. The normalized spacial score (nSPS) is 14.4. The second-order valence-corrected chi connectivity index (χ2v) is 3.89. The lowest BCUT2D eigenvalue weighted by molar-refractivity contribution is 0.266. The van der Waals surface area contributed by atoms with Gasteiger partial charge in [0.25, 0.3) is 0 Å².